The monoisotopic (exact) mass is 277 g/mol. The van der Waals surface area contributed by atoms with Gasteiger partial charge in [0.1, 0.15) is 11.3 Å². The second-order valence-corrected chi connectivity index (χ2v) is 5.37. The molecule has 0 aliphatic carbocycles. The smallest absolute Gasteiger partial charge is 0.178 e. The quantitative estimate of drug-likeness (QED) is 0.872. The molecule has 2 aromatic rings. The maximum Gasteiger partial charge on any atom is 0.178 e. The van der Waals surface area contributed by atoms with Crippen LogP contribution in [0.15, 0.2) is 18.2 Å². The van der Waals surface area contributed by atoms with Crippen LogP contribution in [-0.2, 0) is 6.54 Å². The molecule has 1 N–H and O–H groups in total. The summed E-state index contributed by atoms with van der Waals surface area (Å²) in [5.74, 6) is 0.850. The molecule has 102 valence electrons. The van der Waals surface area contributed by atoms with E-state index in [1.165, 1.54) is 25.9 Å². The molecule has 4 nitrogen and oxygen atoms in total. The highest BCUT2D eigenvalue weighted by atomic mass is 32.1. The first-order chi connectivity index (χ1) is 9.29. The van der Waals surface area contributed by atoms with Crippen molar-refractivity contribution in [3.05, 3.63) is 23.0 Å². The van der Waals surface area contributed by atoms with E-state index in [1.807, 2.05) is 12.1 Å². The fraction of sp³-hybridized carbons (Fsp3) is 0.500. The highest BCUT2D eigenvalue weighted by molar-refractivity contribution is 7.71. The van der Waals surface area contributed by atoms with Crippen LogP contribution < -0.4 is 4.74 Å². The molecule has 1 aromatic heterocycles. The maximum atomic E-state index is 5.43. The first-order valence-corrected chi connectivity index (χ1v) is 7.18. The zero-order valence-electron chi connectivity index (χ0n) is 11.2. The molecule has 1 fully saturated rings. The number of nitrogens with one attached hydrogen (secondary N) is 1. The predicted molar refractivity (Wildman–Crippen MR) is 79.3 cm³/mol. The van der Waals surface area contributed by atoms with Gasteiger partial charge in [0, 0.05) is 13.1 Å². The van der Waals surface area contributed by atoms with Crippen molar-refractivity contribution in [2.75, 3.05) is 26.7 Å². The number of aromatic nitrogens is 2. The Bertz CT molecular complexity index is 625. The Balaban J connectivity index is 1.90. The summed E-state index contributed by atoms with van der Waals surface area (Å²) in [5, 5.41) is 0. The van der Waals surface area contributed by atoms with Gasteiger partial charge in [0.25, 0.3) is 0 Å². The highest BCUT2D eigenvalue weighted by Crippen LogP contribution is 2.24. The summed E-state index contributed by atoms with van der Waals surface area (Å²) in [7, 11) is 1.69. The van der Waals surface area contributed by atoms with Gasteiger partial charge in [-0.25, -0.2) is 0 Å². The SMILES string of the molecule is COc1cccc2c1[nH]c(=S)n2CCN1CCCC1. The topological polar surface area (TPSA) is 33.2 Å². The molecule has 1 saturated heterocycles. The molecule has 0 atom stereocenters. The van der Waals surface area contributed by atoms with Gasteiger partial charge >= 0.3 is 0 Å². The molecule has 0 spiro atoms. The van der Waals surface area contributed by atoms with E-state index in [4.69, 9.17) is 17.0 Å². The lowest BCUT2D eigenvalue weighted by Crippen LogP contribution is -2.24. The minimum absolute atomic E-state index is 0.777. The molecule has 0 unspecified atom stereocenters. The third kappa shape index (κ3) is 2.40. The van der Waals surface area contributed by atoms with Crippen LogP contribution in [0.1, 0.15) is 12.8 Å². The second kappa shape index (κ2) is 5.35. The van der Waals surface area contributed by atoms with Gasteiger partial charge in [-0.05, 0) is 50.3 Å². The zero-order chi connectivity index (χ0) is 13.2. The van der Waals surface area contributed by atoms with Crippen molar-refractivity contribution in [2.45, 2.75) is 19.4 Å². The van der Waals surface area contributed by atoms with Crippen molar-refractivity contribution in [3.63, 3.8) is 0 Å². The van der Waals surface area contributed by atoms with Crippen molar-refractivity contribution in [3.8, 4) is 5.75 Å². The van der Waals surface area contributed by atoms with E-state index >= 15 is 0 Å². The van der Waals surface area contributed by atoms with Crippen molar-refractivity contribution < 1.29 is 4.74 Å². The molecule has 2 heterocycles. The van der Waals surface area contributed by atoms with Crippen LogP contribution >= 0.6 is 12.2 Å². The van der Waals surface area contributed by atoms with E-state index in [-0.39, 0.29) is 0 Å². The van der Waals surface area contributed by atoms with Gasteiger partial charge in [-0.15, -0.1) is 0 Å². The van der Waals surface area contributed by atoms with E-state index in [0.29, 0.717) is 0 Å². The predicted octanol–water partition coefficient (Wildman–Crippen LogP) is 2.80. The molecule has 0 amide bonds. The lowest BCUT2D eigenvalue weighted by atomic mass is 10.3. The van der Waals surface area contributed by atoms with Crippen LogP contribution in [0, 0.1) is 4.77 Å². The van der Waals surface area contributed by atoms with Gasteiger partial charge in [0.2, 0.25) is 0 Å². The van der Waals surface area contributed by atoms with Crippen LogP contribution in [0.5, 0.6) is 5.75 Å². The number of imidazole rings is 1. The normalized spacial score (nSPS) is 16.3. The van der Waals surface area contributed by atoms with Crippen molar-refractivity contribution in [1.82, 2.24) is 14.5 Å². The lowest BCUT2D eigenvalue weighted by Gasteiger charge is -2.15. The summed E-state index contributed by atoms with van der Waals surface area (Å²) in [6.07, 6.45) is 2.65. The Morgan fingerprint density at radius 3 is 2.79 bits per heavy atom. The summed E-state index contributed by atoms with van der Waals surface area (Å²) in [4.78, 5) is 5.76. The molecule has 19 heavy (non-hydrogen) atoms. The third-order valence-corrected chi connectivity index (χ3v) is 4.15. The largest absolute Gasteiger partial charge is 0.494 e. The first-order valence-electron chi connectivity index (χ1n) is 6.77. The number of benzene rings is 1. The number of ether oxygens (including phenoxy) is 1. The second-order valence-electron chi connectivity index (χ2n) is 4.98. The van der Waals surface area contributed by atoms with E-state index < -0.39 is 0 Å². The Morgan fingerprint density at radius 2 is 2.05 bits per heavy atom. The third-order valence-electron chi connectivity index (χ3n) is 3.83. The van der Waals surface area contributed by atoms with Crippen LogP contribution in [0.25, 0.3) is 11.0 Å². The minimum atomic E-state index is 0.777. The van der Waals surface area contributed by atoms with E-state index in [2.05, 4.69) is 20.5 Å². The van der Waals surface area contributed by atoms with Crippen molar-refractivity contribution in [1.29, 1.82) is 0 Å². The first kappa shape index (κ1) is 12.7. The average molecular weight is 277 g/mol. The summed E-state index contributed by atoms with van der Waals surface area (Å²) >= 11 is 5.43. The van der Waals surface area contributed by atoms with Crippen LogP contribution in [0.4, 0.5) is 0 Å². The fourth-order valence-corrected chi connectivity index (χ4v) is 3.09. The summed E-state index contributed by atoms with van der Waals surface area (Å²) < 4.78 is 8.32. The van der Waals surface area contributed by atoms with Gasteiger partial charge in [-0.1, -0.05) is 6.07 Å². The molecule has 3 rings (SSSR count). The van der Waals surface area contributed by atoms with Crippen molar-refractivity contribution in [2.24, 2.45) is 0 Å². The fourth-order valence-electron chi connectivity index (χ4n) is 2.79. The summed E-state index contributed by atoms with van der Waals surface area (Å²) in [6.45, 7) is 4.45. The van der Waals surface area contributed by atoms with Crippen molar-refractivity contribution >= 4 is 23.3 Å². The van der Waals surface area contributed by atoms with E-state index in [9.17, 15) is 0 Å². The standard InChI is InChI=1S/C14H19N3OS/c1-18-12-6-4-5-11-13(12)15-14(19)17(11)10-9-16-7-2-3-8-16/h4-6H,2-3,7-10H2,1H3,(H,15,19). The van der Waals surface area contributed by atoms with E-state index in [0.717, 1.165) is 34.6 Å². The number of hydrogen-bond donors (Lipinski definition) is 1. The lowest BCUT2D eigenvalue weighted by molar-refractivity contribution is 0.323. The molecular weight excluding hydrogens is 258 g/mol. The molecule has 0 bridgehead atoms. The Hall–Kier alpha value is -1.33. The van der Waals surface area contributed by atoms with E-state index in [1.54, 1.807) is 7.11 Å². The highest BCUT2D eigenvalue weighted by Gasteiger charge is 2.13. The number of H-pyrrole nitrogens is 1. The Morgan fingerprint density at radius 1 is 1.26 bits per heavy atom. The number of rotatable bonds is 4. The number of fused-ring (bicyclic) bond motifs is 1. The number of para-hydroxylation sites is 1. The van der Waals surface area contributed by atoms with Crippen LogP contribution in [0.2, 0.25) is 0 Å². The number of likely N-dealkylation sites (tertiary alicyclic amines) is 1. The number of nitrogens with zero attached hydrogens (tertiary/aromatic N) is 2. The van der Waals surface area contributed by atoms with Gasteiger partial charge in [0.05, 0.1) is 12.6 Å². The Kier molecular flexibility index (Phi) is 3.57. The molecule has 5 heteroatoms. The van der Waals surface area contributed by atoms with Gasteiger partial charge in [0.15, 0.2) is 4.77 Å². The molecule has 1 aliphatic rings. The summed E-state index contributed by atoms with van der Waals surface area (Å²) in [6, 6.07) is 6.06. The number of aromatic amines is 1. The molecule has 0 radical (unpaired) electrons. The summed E-state index contributed by atoms with van der Waals surface area (Å²) in [5.41, 5.74) is 2.12. The van der Waals surface area contributed by atoms with Gasteiger partial charge in [-0.3, -0.25) is 0 Å². The zero-order valence-corrected chi connectivity index (χ0v) is 12.0. The molecule has 1 aliphatic heterocycles. The number of hydrogen-bond acceptors (Lipinski definition) is 3. The molecule has 0 saturated carbocycles. The van der Waals surface area contributed by atoms with Gasteiger partial charge in [-0.2, -0.15) is 0 Å². The Labute approximate surface area is 118 Å². The maximum absolute atomic E-state index is 5.43. The molecule has 1 aromatic carbocycles. The van der Waals surface area contributed by atoms with Crippen LogP contribution in [-0.4, -0.2) is 41.2 Å². The van der Waals surface area contributed by atoms with Gasteiger partial charge < -0.3 is 19.2 Å². The van der Waals surface area contributed by atoms with Crippen LogP contribution in [0.3, 0.4) is 0 Å². The molecular formula is C14H19N3OS. The average Bonchev–Trinajstić information content (AvgIpc) is 3.03. The minimum Gasteiger partial charge on any atom is -0.494 e. The number of methoxy groups -OCH3 is 1.